The molecule has 0 saturated heterocycles. The molecule has 0 aliphatic heterocycles. The van der Waals surface area contributed by atoms with Gasteiger partial charge in [-0.2, -0.15) is 0 Å². The summed E-state index contributed by atoms with van der Waals surface area (Å²) in [6, 6.07) is 10.2. The maximum absolute atomic E-state index is 11.8. The average molecular weight is 188 g/mol. The first-order chi connectivity index (χ1) is 6.88. The maximum atomic E-state index is 11.8. The molecule has 1 aromatic rings. The SMILES string of the molecule is O=C1CCCCC[C@@H]1c1ccccc1. The number of Topliss-reactive ketones (excluding diaryl/α,β-unsaturated/α-hetero) is 1. The van der Waals surface area contributed by atoms with Gasteiger partial charge in [0.15, 0.2) is 0 Å². The number of carbonyl (C=O) groups is 1. The minimum atomic E-state index is 0.179. The van der Waals surface area contributed by atoms with Gasteiger partial charge in [-0.05, 0) is 18.4 Å². The van der Waals surface area contributed by atoms with Crippen molar-refractivity contribution in [1.29, 1.82) is 0 Å². The van der Waals surface area contributed by atoms with Crippen LogP contribution in [0.3, 0.4) is 0 Å². The first-order valence-electron chi connectivity index (χ1n) is 5.45. The molecule has 1 aliphatic rings. The summed E-state index contributed by atoms with van der Waals surface area (Å²) in [5.74, 6) is 0.618. The Morgan fingerprint density at radius 2 is 1.79 bits per heavy atom. The monoisotopic (exact) mass is 188 g/mol. The molecule has 1 nitrogen and oxygen atoms in total. The Morgan fingerprint density at radius 1 is 1.00 bits per heavy atom. The van der Waals surface area contributed by atoms with E-state index in [0.29, 0.717) is 5.78 Å². The highest BCUT2D eigenvalue weighted by Crippen LogP contribution is 2.28. The van der Waals surface area contributed by atoms with Gasteiger partial charge in [-0.25, -0.2) is 0 Å². The van der Waals surface area contributed by atoms with Crippen LogP contribution in [0.15, 0.2) is 30.3 Å². The molecule has 0 radical (unpaired) electrons. The Kier molecular flexibility index (Phi) is 2.97. The van der Waals surface area contributed by atoms with E-state index in [-0.39, 0.29) is 5.92 Å². The maximum Gasteiger partial charge on any atom is 0.140 e. The second kappa shape index (κ2) is 4.41. The third kappa shape index (κ3) is 2.03. The van der Waals surface area contributed by atoms with Crippen molar-refractivity contribution in [3.8, 4) is 0 Å². The Morgan fingerprint density at radius 3 is 2.57 bits per heavy atom. The summed E-state index contributed by atoms with van der Waals surface area (Å²) < 4.78 is 0. The fourth-order valence-electron chi connectivity index (χ4n) is 2.20. The second-order valence-corrected chi connectivity index (χ2v) is 4.03. The van der Waals surface area contributed by atoms with Gasteiger partial charge < -0.3 is 0 Å². The van der Waals surface area contributed by atoms with Gasteiger partial charge in [-0.1, -0.05) is 43.2 Å². The van der Waals surface area contributed by atoms with E-state index >= 15 is 0 Å². The van der Waals surface area contributed by atoms with Crippen molar-refractivity contribution < 1.29 is 4.79 Å². The van der Waals surface area contributed by atoms with Gasteiger partial charge in [0.25, 0.3) is 0 Å². The predicted octanol–water partition coefficient (Wildman–Crippen LogP) is 3.30. The van der Waals surface area contributed by atoms with Crippen LogP contribution in [0.1, 0.15) is 43.6 Å². The van der Waals surface area contributed by atoms with Crippen molar-refractivity contribution in [3.05, 3.63) is 35.9 Å². The lowest BCUT2D eigenvalue weighted by atomic mass is 9.91. The van der Waals surface area contributed by atoms with E-state index in [9.17, 15) is 4.79 Å². The molecular formula is C13H16O. The molecule has 0 bridgehead atoms. The topological polar surface area (TPSA) is 17.1 Å². The molecule has 0 heterocycles. The highest BCUT2D eigenvalue weighted by Gasteiger charge is 2.21. The van der Waals surface area contributed by atoms with E-state index in [0.717, 1.165) is 19.3 Å². The van der Waals surface area contributed by atoms with Gasteiger partial charge in [-0.15, -0.1) is 0 Å². The Balaban J connectivity index is 2.19. The number of hydrogen-bond acceptors (Lipinski definition) is 1. The number of ketones is 1. The summed E-state index contributed by atoms with van der Waals surface area (Å²) in [6.45, 7) is 0. The summed E-state index contributed by atoms with van der Waals surface area (Å²) in [4.78, 5) is 11.8. The van der Waals surface area contributed by atoms with E-state index in [4.69, 9.17) is 0 Å². The van der Waals surface area contributed by atoms with Gasteiger partial charge in [0, 0.05) is 12.3 Å². The minimum absolute atomic E-state index is 0.179. The molecular weight excluding hydrogens is 172 g/mol. The molecule has 2 rings (SSSR count). The summed E-state index contributed by atoms with van der Waals surface area (Å²) >= 11 is 0. The quantitative estimate of drug-likeness (QED) is 0.618. The molecule has 1 saturated carbocycles. The molecule has 1 fully saturated rings. The number of hydrogen-bond donors (Lipinski definition) is 0. The molecule has 74 valence electrons. The Hall–Kier alpha value is -1.11. The zero-order valence-electron chi connectivity index (χ0n) is 8.41. The van der Waals surface area contributed by atoms with Gasteiger partial charge in [-0.3, -0.25) is 4.79 Å². The summed E-state index contributed by atoms with van der Waals surface area (Å²) in [6.07, 6.45) is 5.32. The van der Waals surface area contributed by atoms with E-state index in [1.165, 1.54) is 18.4 Å². The van der Waals surface area contributed by atoms with Crippen LogP contribution in [0.2, 0.25) is 0 Å². The standard InChI is InChI=1S/C13H16O/c14-13-10-6-2-5-9-12(13)11-7-3-1-4-8-11/h1,3-4,7-8,12H,2,5-6,9-10H2/t12-/m1/s1. The lowest BCUT2D eigenvalue weighted by molar-refractivity contribution is -0.120. The van der Waals surface area contributed by atoms with Gasteiger partial charge in [0.1, 0.15) is 5.78 Å². The Labute approximate surface area is 85.1 Å². The summed E-state index contributed by atoms with van der Waals surface area (Å²) in [7, 11) is 0. The van der Waals surface area contributed by atoms with Crippen LogP contribution in [-0.2, 0) is 4.79 Å². The fourth-order valence-corrected chi connectivity index (χ4v) is 2.20. The summed E-state index contributed by atoms with van der Waals surface area (Å²) in [5, 5.41) is 0. The van der Waals surface area contributed by atoms with Crippen molar-refractivity contribution in [1.82, 2.24) is 0 Å². The molecule has 0 N–H and O–H groups in total. The number of benzene rings is 1. The normalized spacial score (nSPS) is 23.1. The molecule has 1 atom stereocenters. The van der Waals surface area contributed by atoms with Crippen LogP contribution in [0.25, 0.3) is 0 Å². The van der Waals surface area contributed by atoms with Crippen LogP contribution in [0.5, 0.6) is 0 Å². The first-order valence-corrected chi connectivity index (χ1v) is 5.45. The van der Waals surface area contributed by atoms with Gasteiger partial charge in [0.2, 0.25) is 0 Å². The van der Waals surface area contributed by atoms with Crippen LogP contribution in [0.4, 0.5) is 0 Å². The van der Waals surface area contributed by atoms with E-state index in [2.05, 4.69) is 12.1 Å². The smallest absolute Gasteiger partial charge is 0.140 e. The summed E-state index contributed by atoms with van der Waals surface area (Å²) in [5.41, 5.74) is 1.21. The third-order valence-electron chi connectivity index (χ3n) is 3.01. The molecule has 1 aliphatic carbocycles. The lowest BCUT2D eigenvalue weighted by Gasteiger charge is -2.12. The zero-order valence-corrected chi connectivity index (χ0v) is 8.41. The molecule has 14 heavy (non-hydrogen) atoms. The van der Waals surface area contributed by atoms with E-state index in [1.54, 1.807) is 0 Å². The van der Waals surface area contributed by atoms with Crippen LogP contribution in [-0.4, -0.2) is 5.78 Å². The second-order valence-electron chi connectivity index (χ2n) is 4.03. The third-order valence-corrected chi connectivity index (χ3v) is 3.01. The van der Waals surface area contributed by atoms with Gasteiger partial charge >= 0.3 is 0 Å². The highest BCUT2D eigenvalue weighted by atomic mass is 16.1. The lowest BCUT2D eigenvalue weighted by Crippen LogP contribution is -2.09. The van der Waals surface area contributed by atoms with Crippen molar-refractivity contribution in [3.63, 3.8) is 0 Å². The highest BCUT2D eigenvalue weighted by molar-refractivity contribution is 5.85. The molecule has 0 amide bonds. The largest absolute Gasteiger partial charge is 0.299 e. The predicted molar refractivity (Wildman–Crippen MR) is 57.3 cm³/mol. The molecule has 1 aromatic carbocycles. The van der Waals surface area contributed by atoms with Gasteiger partial charge in [0.05, 0.1) is 0 Å². The van der Waals surface area contributed by atoms with Crippen molar-refractivity contribution in [2.75, 3.05) is 0 Å². The number of carbonyl (C=O) groups excluding carboxylic acids is 1. The van der Waals surface area contributed by atoms with Crippen molar-refractivity contribution >= 4 is 5.78 Å². The van der Waals surface area contributed by atoms with Crippen LogP contribution in [0, 0.1) is 0 Å². The molecule has 0 aromatic heterocycles. The molecule has 0 unspecified atom stereocenters. The van der Waals surface area contributed by atoms with E-state index < -0.39 is 0 Å². The fraction of sp³-hybridized carbons (Fsp3) is 0.462. The van der Waals surface area contributed by atoms with E-state index in [1.807, 2.05) is 18.2 Å². The first kappa shape index (κ1) is 9.45. The van der Waals surface area contributed by atoms with Crippen molar-refractivity contribution in [2.24, 2.45) is 0 Å². The minimum Gasteiger partial charge on any atom is -0.299 e. The molecule has 1 heteroatoms. The average Bonchev–Trinajstić information content (AvgIpc) is 2.44. The van der Waals surface area contributed by atoms with Crippen molar-refractivity contribution in [2.45, 2.75) is 38.0 Å². The molecule has 0 spiro atoms. The van der Waals surface area contributed by atoms with Crippen LogP contribution < -0.4 is 0 Å². The Bertz CT molecular complexity index is 302. The zero-order chi connectivity index (χ0) is 9.80. The number of rotatable bonds is 1. The van der Waals surface area contributed by atoms with Crippen LogP contribution >= 0.6 is 0 Å².